The third kappa shape index (κ3) is 19.3. The Morgan fingerprint density at radius 1 is 0.709 bits per heavy atom. The normalized spacial score (nSPS) is 38.8. The van der Waals surface area contributed by atoms with Crippen molar-refractivity contribution in [1.82, 2.24) is 25.5 Å². The van der Waals surface area contributed by atoms with Gasteiger partial charge in [0, 0.05) is 44.5 Å². The number of rotatable bonds is 32. The van der Waals surface area contributed by atoms with Gasteiger partial charge in [0.25, 0.3) is 32.5 Å². The highest BCUT2D eigenvalue weighted by atomic mass is 31.2. The fraction of sp³-hybridized carbons (Fsp3) is 0.719. The number of aromatic nitrogens is 2. The third-order valence-electron chi connectivity index (χ3n) is 17.5. The van der Waals surface area contributed by atoms with Crippen molar-refractivity contribution in [1.29, 1.82) is 0 Å². The van der Waals surface area contributed by atoms with Crippen molar-refractivity contribution in [3.05, 3.63) is 58.1 Å². The minimum Gasteiger partial charge on any atom is -0.756 e. The quantitative estimate of drug-likeness (QED) is 0.0184. The minimum absolute atomic E-state index is 0.0329. The van der Waals surface area contributed by atoms with Gasteiger partial charge < -0.3 is 170 Å². The number of anilines is 1. The fourth-order valence-corrected chi connectivity index (χ4v) is 13.1. The van der Waals surface area contributed by atoms with E-state index < -0.39 is 260 Å². The van der Waals surface area contributed by atoms with Gasteiger partial charge in [0.1, 0.15) is 109 Å². The number of nitrogen functional groups attached to an aromatic ring is 1. The molecule has 2 aromatic rings. The molecule has 31 atom stereocenters. The molecule has 0 aliphatic carbocycles. The molecule has 0 bridgehead atoms. The number of hydrogen-bond donors (Lipinski definition) is 20. The van der Waals surface area contributed by atoms with Gasteiger partial charge in [-0.25, -0.2) is 9.59 Å². The van der Waals surface area contributed by atoms with Crippen molar-refractivity contribution in [3.8, 4) is 0 Å². The number of carboxylic acids is 1. The van der Waals surface area contributed by atoms with Crippen LogP contribution in [0.2, 0.25) is 0 Å². The molecule has 0 spiro atoms. The summed E-state index contributed by atoms with van der Waals surface area (Å²) in [6.45, 7) is -3.39. The zero-order valence-corrected chi connectivity index (χ0v) is 55.1. The molecule has 6 fully saturated rings. The Bertz CT molecular complexity index is 3280. The largest absolute Gasteiger partial charge is 0.756 e. The summed E-state index contributed by atoms with van der Waals surface area (Å²) in [5.41, 5.74) is 4.96. The Morgan fingerprint density at radius 2 is 1.26 bits per heavy atom. The average molecular weight is 1510 g/mol. The van der Waals surface area contributed by atoms with Gasteiger partial charge in [-0.05, 0) is 36.6 Å². The number of aliphatic carboxylic acids is 1. The molecule has 3 amide bonds. The molecule has 21 N–H and O–H groups in total. The van der Waals surface area contributed by atoms with Gasteiger partial charge in [0.2, 0.25) is 24.4 Å². The van der Waals surface area contributed by atoms with Gasteiger partial charge in [-0.15, -0.1) is 0 Å². The number of nitrogens with two attached hydrogens (primary N) is 1. The van der Waals surface area contributed by atoms with Crippen LogP contribution in [0.1, 0.15) is 48.8 Å². The molecule has 7 heterocycles. The second kappa shape index (κ2) is 35.9. The number of phosphoric ester groups is 1. The number of carbonyl (C=O) groups excluding carboxylic acids is 5. The van der Waals surface area contributed by atoms with Gasteiger partial charge in [-0.1, -0.05) is 12.1 Å². The maximum absolute atomic E-state index is 13.3. The Morgan fingerprint density at radius 3 is 1.82 bits per heavy atom. The van der Waals surface area contributed by atoms with Crippen LogP contribution < -0.4 is 32.3 Å². The predicted octanol–water partition coefficient (Wildman–Crippen LogP) is -12.6. The molecule has 103 heavy (non-hydrogen) atoms. The number of carboxylic acid groups (broad SMARTS) is 1. The number of benzene rings is 1. The first kappa shape index (κ1) is 82.5. The average Bonchev–Trinajstić information content (AvgIpc) is 1.36. The number of amides is 3. The summed E-state index contributed by atoms with van der Waals surface area (Å²) in [6, 6.07) is 3.35. The van der Waals surface area contributed by atoms with Crippen molar-refractivity contribution in [2.45, 2.75) is 211 Å². The first-order valence-corrected chi connectivity index (χ1v) is 33.0. The van der Waals surface area contributed by atoms with E-state index in [0.29, 0.717) is 5.56 Å². The lowest BCUT2D eigenvalue weighted by Crippen LogP contribution is -2.70. The third-order valence-corrected chi connectivity index (χ3v) is 18.4. The van der Waals surface area contributed by atoms with E-state index >= 15 is 0 Å². The van der Waals surface area contributed by atoms with Gasteiger partial charge in [0.15, 0.2) is 43.6 Å². The second-order valence-corrected chi connectivity index (χ2v) is 25.8. The fourth-order valence-electron chi connectivity index (χ4n) is 12.2. The van der Waals surface area contributed by atoms with Crippen molar-refractivity contribution < 1.29 is 186 Å². The van der Waals surface area contributed by atoms with Crippen molar-refractivity contribution in [3.63, 3.8) is 0 Å². The van der Waals surface area contributed by atoms with E-state index in [1.807, 2.05) is 0 Å². The highest BCUT2D eigenvalue weighted by Crippen LogP contribution is 2.50. The van der Waals surface area contributed by atoms with Gasteiger partial charge in [-0.2, -0.15) is 4.98 Å². The summed E-state index contributed by atoms with van der Waals surface area (Å²) in [7, 11) is -5.93. The van der Waals surface area contributed by atoms with Crippen molar-refractivity contribution >= 4 is 50.3 Å². The zero-order chi connectivity index (χ0) is 75.7. The van der Waals surface area contributed by atoms with Crippen LogP contribution in [-0.4, -0.2) is 339 Å². The Hall–Kier alpha value is -6.17. The van der Waals surface area contributed by atoms with Crippen molar-refractivity contribution in [2.24, 2.45) is 5.92 Å². The number of aliphatic hydroxyl groups excluding tert-OH is 15. The molecule has 8 rings (SSSR count). The van der Waals surface area contributed by atoms with E-state index in [1.165, 1.54) is 24.3 Å². The SMILES string of the molecule is CC(=O)N[C@H]1C(O)[C@H](O)C(CO)O[C@@H]1O[C@@H]1C(OC=O)O[C@@H](O[C@@H]2C(CO)O[C@H](O[C@@H]3C(OC=O)O[C@@H](OCCNC(=O)c4ccc(CC[C@@H]5C(O)C[C@@](OP(=O)([O-])OC[C@H]6O[C@@H](n7ccc(N)nc7=O)[C@@H](O)C6O)(C(=O)O)OC5[C@H](O)[C@H](O)CO)cc4)[C@@H](O)C3O)[C@@H](NC(C)=O)C2O)[C@@H](O)C1O. The number of nitrogens with one attached hydrogen (secondary N) is 3. The maximum atomic E-state index is 13.3. The molecule has 6 saturated heterocycles. The van der Waals surface area contributed by atoms with Crippen LogP contribution in [0.5, 0.6) is 0 Å². The highest BCUT2D eigenvalue weighted by Gasteiger charge is 2.60. The lowest BCUT2D eigenvalue weighted by molar-refractivity contribution is -0.398. The van der Waals surface area contributed by atoms with Gasteiger partial charge in [-0.3, -0.25) is 37.6 Å². The molecule has 46 heteroatoms. The molecule has 45 nitrogen and oxygen atoms in total. The monoisotopic (exact) mass is 1510 g/mol. The summed E-state index contributed by atoms with van der Waals surface area (Å²) in [5, 5.41) is 180. The lowest BCUT2D eigenvalue weighted by Gasteiger charge is -2.49. The molecular weight excluding hydrogens is 1420 g/mol. The van der Waals surface area contributed by atoms with Crippen LogP contribution in [0.4, 0.5) is 5.82 Å². The van der Waals surface area contributed by atoms with Crippen LogP contribution >= 0.6 is 7.82 Å². The highest BCUT2D eigenvalue weighted by molar-refractivity contribution is 7.46. The molecule has 1 aromatic heterocycles. The van der Waals surface area contributed by atoms with Crippen LogP contribution in [0.15, 0.2) is 41.3 Å². The minimum atomic E-state index is -5.93. The van der Waals surface area contributed by atoms with Gasteiger partial charge in [0.05, 0.1) is 45.2 Å². The predicted molar refractivity (Wildman–Crippen MR) is 320 cm³/mol. The van der Waals surface area contributed by atoms with Crippen LogP contribution in [0.25, 0.3) is 0 Å². The number of aliphatic hydroxyl groups is 15. The lowest BCUT2D eigenvalue weighted by atomic mass is 9.80. The topological polar surface area (TPSA) is 692 Å². The van der Waals surface area contributed by atoms with Crippen LogP contribution in [0.3, 0.4) is 0 Å². The molecule has 6 aliphatic rings. The molecule has 1 aromatic carbocycles. The van der Waals surface area contributed by atoms with E-state index in [2.05, 4.69) is 20.9 Å². The number of carbonyl (C=O) groups is 6. The summed E-state index contributed by atoms with van der Waals surface area (Å²) < 4.78 is 90.3. The first-order chi connectivity index (χ1) is 48.7. The number of phosphoric acid groups is 1. The molecule has 12 unspecified atom stereocenters. The van der Waals surface area contributed by atoms with E-state index in [1.54, 1.807) is 0 Å². The van der Waals surface area contributed by atoms with E-state index in [4.69, 9.17) is 71.6 Å². The Kier molecular flexibility index (Phi) is 28.8. The molecule has 580 valence electrons. The molecule has 0 radical (unpaired) electrons. The molecule has 0 saturated carbocycles. The van der Waals surface area contributed by atoms with E-state index in [9.17, 15) is 125 Å². The number of nitrogens with zero attached hydrogens (tertiary/aromatic N) is 2. The van der Waals surface area contributed by atoms with E-state index in [0.717, 1.165) is 30.7 Å². The van der Waals surface area contributed by atoms with Crippen molar-refractivity contribution in [2.75, 3.05) is 45.3 Å². The van der Waals surface area contributed by atoms with Crippen LogP contribution in [0, 0.1) is 5.92 Å². The number of hydrogen-bond acceptors (Lipinski definition) is 40. The van der Waals surface area contributed by atoms with Crippen LogP contribution in [-0.2, 0) is 101 Å². The zero-order valence-electron chi connectivity index (χ0n) is 54.2. The summed E-state index contributed by atoms with van der Waals surface area (Å²) in [4.78, 5) is 103. The van der Waals surface area contributed by atoms with Gasteiger partial charge >= 0.3 is 11.7 Å². The second-order valence-electron chi connectivity index (χ2n) is 24.5. The standard InChI is InChI=1S/C57H83N6O39P/c1-20(69)60-31-36(76)34(74)27(15-65)94-49(31)97-46-39(79)42(82)52(100-54(46)91-19-68)96-44-28(16-66)95-50(32(37(44)77)61-21(2)70)98-45-38(78)41(81)51(99-53(45)90-18-67)89-12-10-59-47(83)23-6-3-22(4-7-23)5-8-24-25(71)13-57(55(84)85,101-43(24)33(73)26(72)14-64)102-103(87,88)92-17-29-35(75)40(80)48(93-29)63-11-9-30(58)62-56(63)86/h3-4,6-7,9,11,18-19,24-29,31-46,48-54,64-66,71-82H,5,8,10,12-17H2,1-2H3,(H,59,83)(H,60,69)(H,61,70)(H,84,85)(H,87,88)(H2,58,62,86)/p-1/t24-,25?,26-,27?,28?,29-,31+,32+,33-,34-,35?,36?,37?,38?,39?,40+,41+,42+,43?,44-,45+,46+,48-,49-,50-,51-,52-,53?,54?,57-/m1/s1. The molecular formula is C57H82N6O39P-. The summed E-state index contributed by atoms with van der Waals surface area (Å²) in [5.74, 6) is -9.42. The number of aryl methyl sites for hydroxylation is 1. The number of ether oxygens (including phenoxy) is 12. The first-order valence-electron chi connectivity index (χ1n) is 31.6. The summed E-state index contributed by atoms with van der Waals surface area (Å²) >= 11 is 0. The Labute approximate surface area is 580 Å². The smallest absolute Gasteiger partial charge is 0.364 e. The van der Waals surface area contributed by atoms with E-state index in [-0.39, 0.29) is 43.7 Å². The Balaban J connectivity index is 0.838. The maximum Gasteiger partial charge on any atom is 0.364 e. The summed E-state index contributed by atoms with van der Waals surface area (Å²) in [6.07, 6.45) is -51.1. The molecule has 6 aliphatic heterocycles.